The second kappa shape index (κ2) is 5.43. The van der Waals surface area contributed by atoms with E-state index in [0.29, 0.717) is 0 Å². The van der Waals surface area contributed by atoms with Crippen molar-refractivity contribution in [2.75, 3.05) is 5.75 Å². The van der Waals surface area contributed by atoms with Crippen molar-refractivity contribution in [3.05, 3.63) is 21.7 Å². The Morgan fingerprint density at radius 3 is 2.42 bits per heavy atom. The number of hydrogen-bond acceptors (Lipinski definition) is 5. The van der Waals surface area contributed by atoms with Gasteiger partial charge in [0.25, 0.3) is 0 Å². The summed E-state index contributed by atoms with van der Waals surface area (Å²) in [6.45, 7) is 4.49. The van der Waals surface area contributed by atoms with E-state index >= 15 is 0 Å². The number of hydrogen-bond donors (Lipinski definition) is 3. The number of carboxylic acids is 2. The quantitative estimate of drug-likeness (QED) is 0.545. The second-order valence-corrected chi connectivity index (χ2v) is 5.59. The zero-order chi connectivity index (χ0) is 14.8. The molecule has 1 aromatic heterocycles. The highest BCUT2D eigenvalue weighted by Crippen LogP contribution is 2.28. The molecular formula is C11H14N2O5S. The third kappa shape index (κ3) is 3.57. The molecule has 1 heterocycles. The maximum Gasteiger partial charge on any atom is 0.346 e. The van der Waals surface area contributed by atoms with Crippen molar-refractivity contribution in [1.29, 1.82) is 0 Å². The Bertz CT molecular complexity index is 579. The zero-order valence-corrected chi connectivity index (χ0v) is 11.5. The number of aromatic amines is 1. The molecule has 0 amide bonds. The Balaban J connectivity index is 3.11. The van der Waals surface area contributed by atoms with E-state index in [1.54, 1.807) is 0 Å². The van der Waals surface area contributed by atoms with Crippen LogP contribution in [0.2, 0.25) is 0 Å². The smallest absolute Gasteiger partial charge is 0.346 e. The molecule has 0 aromatic carbocycles. The van der Waals surface area contributed by atoms with Crippen LogP contribution in [-0.4, -0.2) is 37.9 Å². The highest BCUT2D eigenvalue weighted by atomic mass is 32.2. The monoisotopic (exact) mass is 286 g/mol. The minimum absolute atomic E-state index is 0.0306. The lowest BCUT2D eigenvalue weighted by molar-refractivity contribution is -0.145. The van der Waals surface area contributed by atoms with Crippen LogP contribution in [0.4, 0.5) is 0 Å². The van der Waals surface area contributed by atoms with Crippen LogP contribution < -0.4 is 5.69 Å². The standard InChI is InChI=1S/C11H14N2O5S/c1-5-6(8(14)15)7(13-10(18)12-5)19-4-11(2,3)9(16)17/h4H2,1-3H3,(H,14,15)(H,16,17)(H,12,13,18). The predicted octanol–water partition coefficient (Wildman–Crippen LogP) is 0.979. The first-order valence-corrected chi connectivity index (χ1v) is 6.34. The van der Waals surface area contributed by atoms with Crippen LogP contribution >= 0.6 is 11.8 Å². The Hall–Kier alpha value is -1.83. The van der Waals surface area contributed by atoms with Gasteiger partial charge >= 0.3 is 17.6 Å². The van der Waals surface area contributed by atoms with E-state index in [9.17, 15) is 14.4 Å². The van der Waals surface area contributed by atoms with Crippen molar-refractivity contribution in [2.24, 2.45) is 5.41 Å². The minimum atomic E-state index is -1.21. The molecular weight excluding hydrogens is 272 g/mol. The van der Waals surface area contributed by atoms with E-state index in [1.807, 2.05) is 0 Å². The molecule has 0 bridgehead atoms. The lowest BCUT2D eigenvalue weighted by atomic mass is 9.97. The van der Waals surface area contributed by atoms with Gasteiger partial charge in [0.1, 0.15) is 10.6 Å². The molecule has 0 saturated heterocycles. The molecule has 0 radical (unpaired) electrons. The van der Waals surface area contributed by atoms with Gasteiger partial charge in [-0.25, -0.2) is 9.59 Å². The second-order valence-electron chi connectivity index (χ2n) is 4.63. The van der Waals surface area contributed by atoms with Crippen LogP contribution in [0.1, 0.15) is 29.9 Å². The summed E-state index contributed by atoms with van der Waals surface area (Å²) in [5.74, 6) is -2.10. The van der Waals surface area contributed by atoms with Gasteiger partial charge in [-0.1, -0.05) is 0 Å². The number of rotatable bonds is 5. The highest BCUT2D eigenvalue weighted by Gasteiger charge is 2.28. The average Bonchev–Trinajstić information content (AvgIpc) is 2.24. The summed E-state index contributed by atoms with van der Waals surface area (Å²) in [4.78, 5) is 39.3. The number of aryl methyl sites for hydroxylation is 1. The van der Waals surface area contributed by atoms with Crippen molar-refractivity contribution in [2.45, 2.75) is 25.8 Å². The van der Waals surface area contributed by atoms with Crippen LogP contribution in [0.5, 0.6) is 0 Å². The number of thioether (sulfide) groups is 1. The van der Waals surface area contributed by atoms with Gasteiger partial charge in [0.2, 0.25) is 0 Å². The first-order valence-electron chi connectivity index (χ1n) is 5.35. The maximum absolute atomic E-state index is 11.3. The molecule has 7 nitrogen and oxygen atoms in total. The molecule has 0 fully saturated rings. The van der Waals surface area contributed by atoms with Crippen molar-refractivity contribution in [1.82, 2.24) is 9.97 Å². The summed E-state index contributed by atoms with van der Waals surface area (Å²) >= 11 is 0.946. The first-order chi connectivity index (χ1) is 8.65. The molecule has 1 rings (SSSR count). The Kier molecular flexibility index (Phi) is 4.35. The largest absolute Gasteiger partial charge is 0.481 e. The fourth-order valence-corrected chi connectivity index (χ4v) is 2.38. The fraction of sp³-hybridized carbons (Fsp3) is 0.455. The molecule has 0 spiro atoms. The molecule has 0 unspecified atom stereocenters. The number of aliphatic carboxylic acids is 1. The molecule has 0 atom stereocenters. The van der Waals surface area contributed by atoms with Crippen molar-refractivity contribution >= 4 is 23.7 Å². The lowest BCUT2D eigenvalue weighted by Crippen LogP contribution is -2.27. The van der Waals surface area contributed by atoms with Crippen LogP contribution in [-0.2, 0) is 4.79 Å². The number of aromatic nitrogens is 2. The molecule has 8 heteroatoms. The molecule has 0 saturated carbocycles. The zero-order valence-electron chi connectivity index (χ0n) is 10.7. The predicted molar refractivity (Wildman–Crippen MR) is 68.7 cm³/mol. The number of nitrogens with zero attached hydrogens (tertiary/aromatic N) is 1. The lowest BCUT2D eigenvalue weighted by Gasteiger charge is -2.18. The van der Waals surface area contributed by atoms with Gasteiger partial charge < -0.3 is 15.2 Å². The topological polar surface area (TPSA) is 120 Å². The average molecular weight is 286 g/mol. The first kappa shape index (κ1) is 15.2. The number of nitrogens with one attached hydrogen (secondary N) is 1. The Morgan fingerprint density at radius 1 is 1.37 bits per heavy atom. The summed E-state index contributed by atoms with van der Waals surface area (Å²) in [7, 11) is 0. The summed E-state index contributed by atoms with van der Waals surface area (Å²) in [6.07, 6.45) is 0. The number of aromatic carboxylic acids is 1. The van der Waals surface area contributed by atoms with Crippen LogP contribution in [0.15, 0.2) is 9.82 Å². The third-order valence-corrected chi connectivity index (χ3v) is 3.88. The Labute approximate surface area is 113 Å². The maximum atomic E-state index is 11.3. The number of H-pyrrole nitrogens is 1. The Morgan fingerprint density at radius 2 is 1.95 bits per heavy atom. The minimum Gasteiger partial charge on any atom is -0.481 e. The van der Waals surface area contributed by atoms with Gasteiger partial charge in [0.15, 0.2) is 0 Å². The van der Waals surface area contributed by atoms with Gasteiger partial charge in [-0.2, -0.15) is 4.98 Å². The number of carbonyl (C=O) groups is 2. The van der Waals surface area contributed by atoms with Crippen molar-refractivity contribution in [3.63, 3.8) is 0 Å². The van der Waals surface area contributed by atoms with E-state index < -0.39 is 23.0 Å². The summed E-state index contributed by atoms with van der Waals surface area (Å²) < 4.78 is 0. The van der Waals surface area contributed by atoms with E-state index in [-0.39, 0.29) is 22.0 Å². The molecule has 1 aromatic rings. The normalized spacial score (nSPS) is 11.3. The van der Waals surface area contributed by atoms with Crippen LogP contribution in [0.25, 0.3) is 0 Å². The van der Waals surface area contributed by atoms with Crippen LogP contribution in [0.3, 0.4) is 0 Å². The molecule has 19 heavy (non-hydrogen) atoms. The third-order valence-electron chi connectivity index (χ3n) is 2.45. The van der Waals surface area contributed by atoms with E-state index in [0.717, 1.165) is 11.8 Å². The molecule has 0 aliphatic heterocycles. The van der Waals surface area contributed by atoms with Gasteiger partial charge in [0.05, 0.1) is 5.41 Å². The van der Waals surface area contributed by atoms with Gasteiger partial charge in [-0.3, -0.25) is 4.79 Å². The molecule has 104 valence electrons. The SMILES string of the molecule is Cc1[nH]c(=O)nc(SCC(C)(C)C(=O)O)c1C(=O)O. The molecule has 0 aliphatic rings. The summed E-state index contributed by atoms with van der Waals surface area (Å²) in [5, 5.41) is 18.1. The molecule has 3 N–H and O–H groups in total. The van der Waals surface area contributed by atoms with Crippen molar-refractivity contribution < 1.29 is 19.8 Å². The summed E-state index contributed by atoms with van der Waals surface area (Å²) in [5.41, 5.74) is -1.61. The van der Waals surface area contributed by atoms with E-state index in [4.69, 9.17) is 10.2 Å². The van der Waals surface area contributed by atoms with Gasteiger partial charge in [-0.15, -0.1) is 11.8 Å². The highest BCUT2D eigenvalue weighted by molar-refractivity contribution is 7.99. The van der Waals surface area contributed by atoms with Crippen LogP contribution in [0, 0.1) is 12.3 Å². The molecule has 0 aliphatic carbocycles. The van der Waals surface area contributed by atoms with E-state index in [2.05, 4.69) is 9.97 Å². The summed E-state index contributed by atoms with van der Waals surface area (Å²) in [6, 6.07) is 0. The van der Waals surface area contributed by atoms with Crippen molar-refractivity contribution in [3.8, 4) is 0 Å². The van der Waals surface area contributed by atoms with E-state index in [1.165, 1.54) is 20.8 Å². The van der Waals surface area contributed by atoms with Gasteiger partial charge in [0, 0.05) is 11.4 Å². The van der Waals surface area contributed by atoms with Gasteiger partial charge in [-0.05, 0) is 20.8 Å². The number of carboxylic acid groups (broad SMARTS) is 2. The fourth-order valence-electron chi connectivity index (χ4n) is 1.23.